The van der Waals surface area contributed by atoms with E-state index in [2.05, 4.69) is 14.9 Å². The Balaban J connectivity index is 2.45. The summed E-state index contributed by atoms with van der Waals surface area (Å²) in [4.78, 5) is 0.0983. The average Bonchev–Trinajstić information content (AvgIpc) is 2.68. The van der Waals surface area contributed by atoms with Gasteiger partial charge in [-0.2, -0.15) is 5.10 Å². The van der Waals surface area contributed by atoms with Gasteiger partial charge in [0, 0.05) is 6.20 Å². The summed E-state index contributed by atoms with van der Waals surface area (Å²) in [5.41, 5.74) is 6.88. The highest BCUT2D eigenvalue weighted by atomic mass is 32.2. The third-order valence-corrected chi connectivity index (χ3v) is 3.86. The predicted octanol–water partition coefficient (Wildman–Crippen LogP) is 1.10. The molecular weight excluding hydrogens is 240 g/mol. The van der Waals surface area contributed by atoms with Crippen molar-refractivity contribution >= 4 is 21.4 Å². The van der Waals surface area contributed by atoms with Crippen LogP contribution in [-0.2, 0) is 10.0 Å². The second-order valence-electron chi connectivity index (χ2n) is 3.59. The lowest BCUT2D eigenvalue weighted by Crippen LogP contribution is -2.15. The summed E-state index contributed by atoms with van der Waals surface area (Å²) < 4.78 is 26.6. The van der Waals surface area contributed by atoms with Gasteiger partial charge in [-0.15, -0.1) is 0 Å². The summed E-state index contributed by atoms with van der Waals surface area (Å²) in [6, 6.07) is 4.96. The van der Waals surface area contributed by atoms with E-state index in [9.17, 15) is 8.42 Å². The Bertz CT molecular complexity index is 600. The fourth-order valence-electron chi connectivity index (χ4n) is 1.56. The molecule has 0 bridgehead atoms. The molecule has 17 heavy (non-hydrogen) atoms. The largest absolute Gasteiger partial charge is 0.398 e. The van der Waals surface area contributed by atoms with E-state index >= 15 is 0 Å². The Morgan fingerprint density at radius 2 is 2.18 bits per heavy atom. The van der Waals surface area contributed by atoms with Crippen LogP contribution in [0.5, 0.6) is 0 Å². The zero-order chi connectivity index (χ0) is 12.5. The van der Waals surface area contributed by atoms with Crippen LogP contribution in [0, 0.1) is 6.92 Å². The molecule has 2 aromatic rings. The first-order chi connectivity index (χ1) is 8.00. The molecule has 0 spiro atoms. The third-order valence-electron chi connectivity index (χ3n) is 2.26. The minimum atomic E-state index is -3.68. The van der Waals surface area contributed by atoms with Gasteiger partial charge in [-0.1, -0.05) is 12.1 Å². The van der Waals surface area contributed by atoms with Gasteiger partial charge in [0.25, 0.3) is 10.0 Å². The molecule has 1 aromatic carbocycles. The molecule has 0 aliphatic rings. The van der Waals surface area contributed by atoms with Gasteiger partial charge in [-0.3, -0.25) is 9.82 Å². The molecule has 7 heteroatoms. The van der Waals surface area contributed by atoms with Crippen molar-refractivity contribution in [1.29, 1.82) is 0 Å². The summed E-state index contributed by atoms with van der Waals surface area (Å²) in [6.07, 6.45) is 2.83. The van der Waals surface area contributed by atoms with Crippen LogP contribution in [0.25, 0.3) is 0 Å². The van der Waals surface area contributed by atoms with E-state index in [1.165, 1.54) is 12.4 Å². The first-order valence-corrected chi connectivity index (χ1v) is 6.36. The third kappa shape index (κ3) is 2.23. The molecule has 1 aromatic heterocycles. The van der Waals surface area contributed by atoms with Gasteiger partial charge in [0.2, 0.25) is 0 Å². The van der Waals surface area contributed by atoms with Crippen molar-refractivity contribution in [1.82, 2.24) is 10.2 Å². The molecule has 6 nitrogen and oxygen atoms in total. The van der Waals surface area contributed by atoms with Crippen LogP contribution in [0.3, 0.4) is 0 Å². The van der Waals surface area contributed by atoms with E-state index in [0.717, 1.165) is 0 Å². The molecule has 0 unspecified atom stereocenters. The SMILES string of the molecule is Cc1cccc(N)c1S(=O)(=O)Nc1cn[nH]c1. The van der Waals surface area contributed by atoms with Gasteiger partial charge in [-0.25, -0.2) is 8.42 Å². The van der Waals surface area contributed by atoms with Crippen molar-refractivity contribution in [2.45, 2.75) is 11.8 Å². The number of aromatic nitrogens is 2. The summed E-state index contributed by atoms with van der Waals surface area (Å²) in [6.45, 7) is 1.69. The summed E-state index contributed by atoms with van der Waals surface area (Å²) in [5, 5.41) is 6.19. The van der Waals surface area contributed by atoms with E-state index in [1.807, 2.05) is 0 Å². The molecular formula is C10H12N4O2S. The number of aryl methyl sites for hydroxylation is 1. The number of nitrogens with two attached hydrogens (primary N) is 1. The van der Waals surface area contributed by atoms with Crippen molar-refractivity contribution in [3.05, 3.63) is 36.2 Å². The maximum Gasteiger partial charge on any atom is 0.264 e. The second-order valence-corrected chi connectivity index (χ2v) is 5.20. The van der Waals surface area contributed by atoms with Crippen LogP contribution in [-0.4, -0.2) is 18.6 Å². The minimum Gasteiger partial charge on any atom is -0.398 e. The second kappa shape index (κ2) is 4.10. The molecule has 90 valence electrons. The maximum absolute atomic E-state index is 12.1. The standard InChI is InChI=1S/C10H12N4O2S/c1-7-3-2-4-9(11)10(7)17(15,16)14-8-5-12-13-6-8/h2-6,14H,11H2,1H3,(H,12,13). The number of rotatable bonds is 3. The topological polar surface area (TPSA) is 101 Å². The Morgan fingerprint density at radius 1 is 1.41 bits per heavy atom. The van der Waals surface area contributed by atoms with E-state index in [4.69, 9.17) is 5.73 Å². The lowest BCUT2D eigenvalue weighted by atomic mass is 10.2. The number of anilines is 2. The molecule has 0 fully saturated rings. The minimum absolute atomic E-state index is 0.0983. The van der Waals surface area contributed by atoms with Crippen molar-refractivity contribution in [2.24, 2.45) is 0 Å². The Labute approximate surface area is 98.9 Å². The highest BCUT2D eigenvalue weighted by molar-refractivity contribution is 7.93. The highest BCUT2D eigenvalue weighted by Gasteiger charge is 2.20. The molecule has 0 radical (unpaired) electrons. The lowest BCUT2D eigenvalue weighted by molar-refractivity contribution is 0.601. The van der Waals surface area contributed by atoms with E-state index in [0.29, 0.717) is 11.3 Å². The smallest absolute Gasteiger partial charge is 0.264 e. The molecule has 0 atom stereocenters. The number of hydrogen-bond acceptors (Lipinski definition) is 4. The van der Waals surface area contributed by atoms with Crippen molar-refractivity contribution in [2.75, 3.05) is 10.5 Å². The number of nitrogen functional groups attached to an aromatic ring is 1. The van der Waals surface area contributed by atoms with E-state index in [-0.39, 0.29) is 10.6 Å². The van der Waals surface area contributed by atoms with Gasteiger partial charge >= 0.3 is 0 Å². The normalized spacial score (nSPS) is 11.4. The van der Waals surface area contributed by atoms with Crippen molar-refractivity contribution in [3.63, 3.8) is 0 Å². The van der Waals surface area contributed by atoms with Crippen LogP contribution in [0.1, 0.15) is 5.56 Å². The van der Waals surface area contributed by atoms with E-state index in [1.54, 1.807) is 25.1 Å². The van der Waals surface area contributed by atoms with Crippen LogP contribution in [0.15, 0.2) is 35.5 Å². The number of benzene rings is 1. The fourth-order valence-corrected chi connectivity index (χ4v) is 2.95. The van der Waals surface area contributed by atoms with E-state index < -0.39 is 10.0 Å². The molecule has 2 rings (SSSR count). The van der Waals surface area contributed by atoms with Crippen LogP contribution >= 0.6 is 0 Å². The lowest BCUT2D eigenvalue weighted by Gasteiger charge is -2.10. The number of sulfonamides is 1. The van der Waals surface area contributed by atoms with Gasteiger partial charge in [-0.05, 0) is 18.6 Å². The Kier molecular flexibility index (Phi) is 2.76. The number of nitrogens with one attached hydrogen (secondary N) is 2. The first kappa shape index (κ1) is 11.5. The zero-order valence-electron chi connectivity index (χ0n) is 9.14. The monoisotopic (exact) mass is 252 g/mol. The van der Waals surface area contributed by atoms with Crippen LogP contribution in [0.2, 0.25) is 0 Å². The predicted molar refractivity (Wildman–Crippen MR) is 65.0 cm³/mol. The quantitative estimate of drug-likeness (QED) is 0.712. The molecule has 0 saturated heterocycles. The van der Waals surface area contributed by atoms with Gasteiger partial charge in [0.05, 0.1) is 17.6 Å². The molecule has 0 aliphatic carbocycles. The van der Waals surface area contributed by atoms with Crippen LogP contribution in [0.4, 0.5) is 11.4 Å². The molecule has 0 aliphatic heterocycles. The zero-order valence-corrected chi connectivity index (χ0v) is 9.95. The summed E-state index contributed by atoms with van der Waals surface area (Å²) in [5.74, 6) is 0. The molecule has 0 amide bonds. The number of hydrogen-bond donors (Lipinski definition) is 3. The summed E-state index contributed by atoms with van der Waals surface area (Å²) >= 11 is 0. The molecule has 0 saturated carbocycles. The Morgan fingerprint density at radius 3 is 2.76 bits per heavy atom. The number of nitrogens with zero attached hydrogens (tertiary/aromatic N) is 1. The highest BCUT2D eigenvalue weighted by Crippen LogP contribution is 2.24. The average molecular weight is 252 g/mol. The summed E-state index contributed by atoms with van der Waals surface area (Å²) in [7, 11) is -3.68. The maximum atomic E-state index is 12.1. The van der Waals surface area contributed by atoms with Gasteiger partial charge in [0.1, 0.15) is 4.90 Å². The van der Waals surface area contributed by atoms with Gasteiger partial charge < -0.3 is 5.73 Å². The van der Waals surface area contributed by atoms with Gasteiger partial charge in [0.15, 0.2) is 0 Å². The molecule has 1 heterocycles. The van der Waals surface area contributed by atoms with Crippen molar-refractivity contribution in [3.8, 4) is 0 Å². The van der Waals surface area contributed by atoms with Crippen LogP contribution < -0.4 is 10.5 Å². The fraction of sp³-hybridized carbons (Fsp3) is 0.100. The first-order valence-electron chi connectivity index (χ1n) is 4.87. The number of aromatic amines is 1. The number of H-pyrrole nitrogens is 1. The molecule has 4 N–H and O–H groups in total. The Hall–Kier alpha value is -2.02. The van der Waals surface area contributed by atoms with Crippen molar-refractivity contribution < 1.29 is 8.42 Å².